The van der Waals surface area contributed by atoms with Crippen LogP contribution in [0.25, 0.3) is 0 Å². The van der Waals surface area contributed by atoms with Crippen LogP contribution in [0.2, 0.25) is 0 Å². The maximum absolute atomic E-state index is 12.4. The van der Waals surface area contributed by atoms with Crippen molar-refractivity contribution in [1.82, 2.24) is 10.6 Å². The van der Waals surface area contributed by atoms with E-state index in [1.54, 1.807) is 12.1 Å². The summed E-state index contributed by atoms with van der Waals surface area (Å²) in [6.07, 6.45) is 0. The van der Waals surface area contributed by atoms with E-state index in [4.69, 9.17) is 4.74 Å². The summed E-state index contributed by atoms with van der Waals surface area (Å²) in [5.74, 6) is 0.0549. The molecule has 24 heavy (non-hydrogen) atoms. The Morgan fingerprint density at radius 1 is 1.08 bits per heavy atom. The summed E-state index contributed by atoms with van der Waals surface area (Å²) >= 11 is 0. The number of benzene rings is 1. The topological polar surface area (TPSA) is 70.6 Å². The highest BCUT2D eigenvalue weighted by atomic mass is 16.6. The Hall–Kier alpha value is -1.59. The molecule has 0 spiro atoms. The number of aromatic hydroxyl groups is 1. The Kier molecular flexibility index (Phi) is 7.24. The average Bonchev–Trinajstić information content (AvgIpc) is 2.41. The predicted octanol–water partition coefficient (Wildman–Crippen LogP) is 2.83. The lowest BCUT2D eigenvalue weighted by atomic mass is 9.86. The molecule has 0 amide bonds. The smallest absolute Gasteiger partial charge is 0.324 e. The quantitative estimate of drug-likeness (QED) is 0.528. The number of phenolic OH excluding ortho intramolecular Hbond substituents is 1. The van der Waals surface area contributed by atoms with Gasteiger partial charge in [0.25, 0.3) is 0 Å². The van der Waals surface area contributed by atoms with E-state index < -0.39 is 5.60 Å². The van der Waals surface area contributed by atoms with Crippen molar-refractivity contribution in [3.63, 3.8) is 0 Å². The fourth-order valence-electron chi connectivity index (χ4n) is 2.26. The number of nitrogens with one attached hydrogen (secondary N) is 2. The molecule has 136 valence electrons. The van der Waals surface area contributed by atoms with Crippen molar-refractivity contribution in [2.24, 2.45) is 5.41 Å². The van der Waals surface area contributed by atoms with Gasteiger partial charge < -0.3 is 20.5 Å². The van der Waals surface area contributed by atoms with E-state index in [1.807, 2.05) is 53.7 Å². The number of rotatable bonds is 7. The minimum absolute atomic E-state index is 0.214. The molecule has 0 saturated carbocycles. The van der Waals surface area contributed by atoms with Crippen molar-refractivity contribution in [1.29, 1.82) is 0 Å². The van der Waals surface area contributed by atoms with Gasteiger partial charge >= 0.3 is 5.97 Å². The molecule has 0 aromatic heterocycles. The Labute approximate surface area is 145 Å². The Balaban J connectivity index is 2.42. The fourth-order valence-corrected chi connectivity index (χ4v) is 2.26. The van der Waals surface area contributed by atoms with Crippen LogP contribution in [0.3, 0.4) is 0 Å². The third kappa shape index (κ3) is 7.79. The van der Waals surface area contributed by atoms with Crippen LogP contribution in [-0.2, 0) is 16.1 Å². The second kappa shape index (κ2) is 8.49. The molecule has 0 heterocycles. The molecule has 0 bridgehead atoms. The third-order valence-electron chi connectivity index (χ3n) is 3.42. The van der Waals surface area contributed by atoms with Gasteiger partial charge in [0, 0.05) is 19.6 Å². The summed E-state index contributed by atoms with van der Waals surface area (Å²) in [6, 6.07) is 6.76. The zero-order valence-corrected chi connectivity index (χ0v) is 15.8. The zero-order valence-electron chi connectivity index (χ0n) is 15.8. The van der Waals surface area contributed by atoms with Crippen molar-refractivity contribution in [2.75, 3.05) is 13.1 Å². The Morgan fingerprint density at radius 2 is 1.67 bits per heavy atom. The number of hydrogen-bond acceptors (Lipinski definition) is 5. The van der Waals surface area contributed by atoms with Crippen LogP contribution in [0.1, 0.15) is 47.1 Å². The Bertz CT molecular complexity index is 513. The molecule has 5 heteroatoms. The molecular formula is C19H32N2O3. The van der Waals surface area contributed by atoms with Gasteiger partial charge in [-0.25, -0.2) is 0 Å². The van der Waals surface area contributed by atoms with Crippen molar-refractivity contribution < 1.29 is 14.6 Å². The first-order valence-corrected chi connectivity index (χ1v) is 8.44. The standard InChI is InChI=1S/C19H32N2O3/c1-18(2,3)16(17(23)24-19(4,5)6)21-12-11-20-13-14-7-9-15(22)10-8-14/h7-10,16,20-22H,11-13H2,1-6H3/t16-/m1/s1. The molecule has 1 aromatic carbocycles. The fraction of sp³-hybridized carbons (Fsp3) is 0.632. The SMILES string of the molecule is CC(C)(C)OC(=O)[C@@H](NCCNCc1ccc(O)cc1)C(C)(C)C. The molecule has 5 nitrogen and oxygen atoms in total. The maximum Gasteiger partial charge on any atom is 0.324 e. The predicted molar refractivity (Wildman–Crippen MR) is 96.9 cm³/mol. The summed E-state index contributed by atoms with van der Waals surface area (Å²) in [7, 11) is 0. The average molecular weight is 336 g/mol. The number of phenols is 1. The van der Waals surface area contributed by atoms with Crippen LogP contribution in [0.15, 0.2) is 24.3 Å². The highest BCUT2D eigenvalue weighted by Gasteiger charge is 2.34. The minimum atomic E-state index is -0.487. The number of ether oxygens (including phenoxy) is 1. The monoisotopic (exact) mass is 336 g/mol. The first-order valence-electron chi connectivity index (χ1n) is 8.44. The molecule has 0 aliphatic rings. The van der Waals surface area contributed by atoms with Crippen molar-refractivity contribution in [2.45, 2.75) is 59.7 Å². The van der Waals surface area contributed by atoms with Gasteiger partial charge in [0.2, 0.25) is 0 Å². The summed E-state index contributed by atoms with van der Waals surface area (Å²) in [4.78, 5) is 12.4. The number of carbonyl (C=O) groups excluding carboxylic acids is 1. The van der Waals surface area contributed by atoms with Crippen molar-refractivity contribution in [3.05, 3.63) is 29.8 Å². The van der Waals surface area contributed by atoms with E-state index in [1.165, 1.54) is 0 Å². The normalized spacial score (nSPS) is 13.6. The molecular weight excluding hydrogens is 304 g/mol. The molecule has 0 saturated heterocycles. The van der Waals surface area contributed by atoms with E-state index in [0.29, 0.717) is 13.1 Å². The molecule has 0 aliphatic heterocycles. The van der Waals surface area contributed by atoms with Gasteiger partial charge in [-0.15, -0.1) is 0 Å². The van der Waals surface area contributed by atoms with Gasteiger partial charge in [0.1, 0.15) is 17.4 Å². The van der Waals surface area contributed by atoms with Crippen LogP contribution in [0.4, 0.5) is 0 Å². The third-order valence-corrected chi connectivity index (χ3v) is 3.42. The van der Waals surface area contributed by atoms with E-state index in [0.717, 1.165) is 12.1 Å². The van der Waals surface area contributed by atoms with E-state index in [-0.39, 0.29) is 23.2 Å². The van der Waals surface area contributed by atoms with Crippen molar-refractivity contribution in [3.8, 4) is 5.75 Å². The van der Waals surface area contributed by atoms with E-state index in [9.17, 15) is 9.90 Å². The summed E-state index contributed by atoms with van der Waals surface area (Å²) < 4.78 is 5.52. The molecule has 1 atom stereocenters. The molecule has 0 unspecified atom stereocenters. The molecule has 3 N–H and O–H groups in total. The maximum atomic E-state index is 12.4. The second-order valence-electron chi connectivity index (χ2n) is 8.13. The van der Waals surface area contributed by atoms with Gasteiger partial charge in [0.15, 0.2) is 0 Å². The van der Waals surface area contributed by atoms with E-state index >= 15 is 0 Å². The van der Waals surface area contributed by atoms with Gasteiger partial charge in [-0.05, 0) is 43.9 Å². The largest absolute Gasteiger partial charge is 0.508 e. The number of carbonyl (C=O) groups is 1. The van der Waals surface area contributed by atoms with Gasteiger partial charge in [-0.3, -0.25) is 4.79 Å². The molecule has 0 aliphatic carbocycles. The highest BCUT2D eigenvalue weighted by molar-refractivity contribution is 5.77. The summed E-state index contributed by atoms with van der Waals surface area (Å²) in [6.45, 7) is 13.8. The summed E-state index contributed by atoms with van der Waals surface area (Å²) in [5, 5.41) is 15.9. The van der Waals surface area contributed by atoms with Crippen molar-refractivity contribution >= 4 is 5.97 Å². The lowest BCUT2D eigenvalue weighted by Gasteiger charge is -2.32. The minimum Gasteiger partial charge on any atom is -0.508 e. The van der Waals surface area contributed by atoms with Crippen LogP contribution in [-0.4, -0.2) is 35.8 Å². The van der Waals surface area contributed by atoms with Gasteiger partial charge in [-0.1, -0.05) is 32.9 Å². The first kappa shape index (κ1) is 20.5. The lowest BCUT2D eigenvalue weighted by Crippen LogP contribution is -2.50. The van der Waals surface area contributed by atoms with E-state index in [2.05, 4.69) is 10.6 Å². The van der Waals surface area contributed by atoms with Gasteiger partial charge in [0.05, 0.1) is 0 Å². The van der Waals surface area contributed by atoms with Crippen LogP contribution < -0.4 is 10.6 Å². The van der Waals surface area contributed by atoms with Crippen LogP contribution in [0.5, 0.6) is 5.75 Å². The molecule has 1 rings (SSSR count). The van der Waals surface area contributed by atoms with Gasteiger partial charge in [-0.2, -0.15) is 0 Å². The first-order chi connectivity index (χ1) is 11.0. The van der Waals surface area contributed by atoms with Crippen LogP contribution >= 0.6 is 0 Å². The second-order valence-corrected chi connectivity index (χ2v) is 8.13. The van der Waals surface area contributed by atoms with Crippen LogP contribution in [0, 0.1) is 5.41 Å². The highest BCUT2D eigenvalue weighted by Crippen LogP contribution is 2.22. The molecule has 0 fully saturated rings. The number of esters is 1. The lowest BCUT2D eigenvalue weighted by molar-refractivity contribution is -0.160. The zero-order chi connectivity index (χ0) is 18.4. The summed E-state index contributed by atoms with van der Waals surface area (Å²) in [5.41, 5.74) is 0.394. The Morgan fingerprint density at radius 3 is 2.17 bits per heavy atom. The molecule has 0 radical (unpaired) electrons. The number of hydrogen-bond donors (Lipinski definition) is 3. The molecule has 1 aromatic rings.